The largest absolute Gasteiger partial charge is 0.369 e. The zero-order valence-corrected chi connectivity index (χ0v) is 24.6. The molecule has 5 rings (SSSR count). The summed E-state index contributed by atoms with van der Waals surface area (Å²) in [6.45, 7) is 4.99. The first-order valence-electron chi connectivity index (χ1n) is 13.5. The van der Waals surface area contributed by atoms with Crippen LogP contribution < -0.4 is 15.1 Å². The van der Waals surface area contributed by atoms with E-state index in [2.05, 4.69) is 21.2 Å². The molecular weight excluding hydrogens is 584 g/mol. The van der Waals surface area contributed by atoms with Crippen molar-refractivity contribution in [3.8, 4) is 0 Å². The van der Waals surface area contributed by atoms with Crippen LogP contribution in [0.3, 0.4) is 0 Å². The summed E-state index contributed by atoms with van der Waals surface area (Å²) in [7, 11) is 0. The Morgan fingerprint density at radius 2 is 1.61 bits per heavy atom. The third-order valence-electron chi connectivity index (χ3n) is 7.33. The molecule has 1 N–H and O–H groups in total. The van der Waals surface area contributed by atoms with Gasteiger partial charge in [0.05, 0.1) is 12.1 Å². The van der Waals surface area contributed by atoms with Crippen molar-refractivity contribution in [1.82, 2.24) is 9.80 Å². The fourth-order valence-electron chi connectivity index (χ4n) is 5.20. The van der Waals surface area contributed by atoms with Crippen molar-refractivity contribution in [2.45, 2.75) is 18.9 Å². The predicted molar refractivity (Wildman–Crippen MR) is 166 cm³/mol. The Hall–Kier alpha value is -3.24. The van der Waals surface area contributed by atoms with Crippen LogP contribution in [0.25, 0.3) is 0 Å². The maximum Gasteiger partial charge on any atom is 0.256 e. The number of carbonyl (C=O) groups is 2. The van der Waals surface area contributed by atoms with Crippen LogP contribution in [-0.2, 0) is 9.59 Å². The smallest absolute Gasteiger partial charge is 0.256 e. The molecule has 1 atom stereocenters. The second kappa shape index (κ2) is 13.2. The quantitative estimate of drug-likeness (QED) is 0.314. The summed E-state index contributed by atoms with van der Waals surface area (Å²) in [5, 5.41) is 4.40. The van der Waals surface area contributed by atoms with E-state index in [0.29, 0.717) is 28.1 Å². The Morgan fingerprint density at radius 1 is 0.902 bits per heavy atom. The van der Waals surface area contributed by atoms with E-state index in [1.807, 2.05) is 23.1 Å². The van der Waals surface area contributed by atoms with E-state index in [0.717, 1.165) is 49.9 Å². The molecule has 0 radical (unpaired) electrons. The minimum absolute atomic E-state index is 0.0846. The van der Waals surface area contributed by atoms with Gasteiger partial charge in [0.25, 0.3) is 5.91 Å². The molecule has 7 nitrogen and oxygen atoms in total. The van der Waals surface area contributed by atoms with Crippen LogP contribution in [0.15, 0.2) is 72.8 Å². The Labute approximate surface area is 254 Å². The summed E-state index contributed by atoms with van der Waals surface area (Å²) in [5.41, 5.74) is 2.19. The minimum Gasteiger partial charge on any atom is -0.369 e. The summed E-state index contributed by atoms with van der Waals surface area (Å²) in [5.74, 6) is -1.01. The van der Waals surface area contributed by atoms with Gasteiger partial charge in [-0.15, -0.1) is 0 Å². The molecule has 2 amide bonds. The van der Waals surface area contributed by atoms with E-state index in [-0.39, 0.29) is 18.2 Å². The molecule has 0 aliphatic carbocycles. The van der Waals surface area contributed by atoms with Gasteiger partial charge in [0.2, 0.25) is 5.91 Å². The number of thiocarbonyl (C=S) groups is 1. The highest BCUT2D eigenvalue weighted by atomic mass is 35.5. The Bertz CT molecular complexity index is 1400. The van der Waals surface area contributed by atoms with Gasteiger partial charge in [-0.25, -0.2) is 4.39 Å². The van der Waals surface area contributed by atoms with E-state index in [1.54, 1.807) is 24.3 Å². The van der Waals surface area contributed by atoms with Gasteiger partial charge in [0.1, 0.15) is 11.9 Å². The normalized spacial score (nSPS) is 17.8. The van der Waals surface area contributed by atoms with Gasteiger partial charge in [-0.2, -0.15) is 0 Å². The SMILES string of the molecule is O=C(CC1C(=O)N(c2ccc(Cl)cc2)C(=S)N1CCCN1CCN(c2cccc(Cl)c2)CC1)Nc1ccc(F)cc1. The third kappa shape index (κ3) is 7.16. The lowest BCUT2D eigenvalue weighted by Gasteiger charge is -2.36. The topological polar surface area (TPSA) is 59.1 Å². The van der Waals surface area contributed by atoms with Crippen LogP contribution in [0, 0.1) is 5.82 Å². The molecule has 2 aliphatic heterocycles. The van der Waals surface area contributed by atoms with Crippen LogP contribution in [-0.4, -0.2) is 72.0 Å². The molecule has 0 spiro atoms. The van der Waals surface area contributed by atoms with Crippen molar-refractivity contribution in [2.24, 2.45) is 0 Å². The van der Waals surface area contributed by atoms with Gasteiger partial charge in [0.15, 0.2) is 5.11 Å². The van der Waals surface area contributed by atoms with E-state index >= 15 is 0 Å². The highest BCUT2D eigenvalue weighted by Gasteiger charge is 2.44. The lowest BCUT2D eigenvalue weighted by molar-refractivity contribution is -0.124. The number of carbonyl (C=O) groups excluding carboxylic acids is 2. The molecule has 0 bridgehead atoms. The van der Waals surface area contributed by atoms with Crippen molar-refractivity contribution in [2.75, 3.05) is 54.4 Å². The molecule has 2 saturated heterocycles. The second-order valence-corrected chi connectivity index (χ2v) is 11.3. The van der Waals surface area contributed by atoms with Gasteiger partial charge in [-0.05, 0) is 91.9 Å². The lowest BCUT2D eigenvalue weighted by atomic mass is 10.1. The van der Waals surface area contributed by atoms with E-state index in [4.69, 9.17) is 35.4 Å². The Balaban J connectivity index is 1.22. The number of piperazine rings is 1. The van der Waals surface area contributed by atoms with Crippen LogP contribution in [0.1, 0.15) is 12.8 Å². The first-order chi connectivity index (χ1) is 19.8. The van der Waals surface area contributed by atoms with Crippen LogP contribution in [0.2, 0.25) is 10.0 Å². The number of nitrogens with zero attached hydrogens (tertiary/aromatic N) is 4. The fraction of sp³-hybridized carbons (Fsp3) is 0.300. The number of anilines is 3. The van der Waals surface area contributed by atoms with E-state index in [9.17, 15) is 14.0 Å². The molecule has 0 saturated carbocycles. The maximum atomic E-state index is 13.6. The van der Waals surface area contributed by atoms with Crippen LogP contribution in [0.5, 0.6) is 0 Å². The summed E-state index contributed by atoms with van der Waals surface area (Å²) in [4.78, 5) is 34.6. The number of nitrogens with one attached hydrogen (secondary N) is 1. The monoisotopic (exact) mass is 613 g/mol. The average molecular weight is 615 g/mol. The number of hydrogen-bond donors (Lipinski definition) is 1. The fourth-order valence-corrected chi connectivity index (χ4v) is 5.93. The van der Waals surface area contributed by atoms with E-state index in [1.165, 1.54) is 29.2 Å². The summed E-state index contributed by atoms with van der Waals surface area (Å²) in [6.07, 6.45) is 0.688. The summed E-state index contributed by atoms with van der Waals surface area (Å²) in [6, 6.07) is 19.6. The Kier molecular flexibility index (Phi) is 9.39. The van der Waals surface area contributed by atoms with Crippen molar-refractivity contribution >= 4 is 69.4 Å². The number of benzene rings is 3. The van der Waals surface area contributed by atoms with Gasteiger partial charge < -0.3 is 15.1 Å². The first-order valence-corrected chi connectivity index (χ1v) is 14.6. The number of hydrogen-bond acceptors (Lipinski definition) is 5. The molecule has 1 unspecified atom stereocenters. The molecule has 2 aliphatic rings. The van der Waals surface area contributed by atoms with Crippen molar-refractivity contribution in [1.29, 1.82) is 0 Å². The molecule has 3 aromatic carbocycles. The highest BCUT2D eigenvalue weighted by molar-refractivity contribution is 7.80. The minimum atomic E-state index is -0.752. The highest BCUT2D eigenvalue weighted by Crippen LogP contribution is 2.29. The maximum absolute atomic E-state index is 13.6. The number of amides is 2. The molecule has 3 aromatic rings. The van der Waals surface area contributed by atoms with Gasteiger partial charge in [-0.3, -0.25) is 19.4 Å². The Morgan fingerprint density at radius 3 is 2.29 bits per heavy atom. The van der Waals surface area contributed by atoms with Crippen LogP contribution >= 0.6 is 35.4 Å². The molecule has 2 fully saturated rings. The van der Waals surface area contributed by atoms with Crippen molar-refractivity contribution in [3.63, 3.8) is 0 Å². The summed E-state index contributed by atoms with van der Waals surface area (Å²) < 4.78 is 13.3. The summed E-state index contributed by atoms with van der Waals surface area (Å²) >= 11 is 18.0. The average Bonchev–Trinajstić information content (AvgIpc) is 3.19. The standard InChI is InChI=1S/C30H30Cl2FN5O2S/c31-21-5-11-25(12-6-21)38-29(40)27(20-28(39)34-24-9-7-23(33)8-10-24)37(30(38)41)14-2-13-35-15-17-36(18-16-35)26-4-1-3-22(32)19-26/h1,3-12,19,27H,2,13-18,20H2,(H,34,39). The third-order valence-corrected chi connectivity index (χ3v) is 8.23. The molecular formula is C30H30Cl2FN5O2S. The zero-order chi connectivity index (χ0) is 28.9. The second-order valence-electron chi connectivity index (χ2n) is 10.1. The molecule has 2 heterocycles. The number of halogens is 3. The first kappa shape index (κ1) is 29.3. The van der Waals surface area contributed by atoms with Gasteiger partial charge >= 0.3 is 0 Å². The molecule has 214 valence electrons. The predicted octanol–water partition coefficient (Wildman–Crippen LogP) is 5.68. The van der Waals surface area contributed by atoms with Crippen molar-refractivity contribution in [3.05, 3.63) is 88.7 Å². The molecule has 11 heteroatoms. The number of rotatable bonds is 9. The van der Waals surface area contributed by atoms with Crippen LogP contribution in [0.4, 0.5) is 21.5 Å². The molecule has 41 heavy (non-hydrogen) atoms. The lowest BCUT2D eigenvalue weighted by Crippen LogP contribution is -2.47. The van der Waals surface area contributed by atoms with Gasteiger partial charge in [0, 0.05) is 54.1 Å². The van der Waals surface area contributed by atoms with Gasteiger partial charge in [-0.1, -0.05) is 29.3 Å². The van der Waals surface area contributed by atoms with E-state index < -0.39 is 11.9 Å². The molecule has 0 aromatic heterocycles. The zero-order valence-electron chi connectivity index (χ0n) is 22.3. The van der Waals surface area contributed by atoms with Crippen molar-refractivity contribution < 1.29 is 14.0 Å².